The number of hydrogen-bond donors (Lipinski definition) is 0. The summed E-state index contributed by atoms with van der Waals surface area (Å²) in [5, 5.41) is 0. The van der Waals surface area contributed by atoms with E-state index >= 15 is 0 Å². The third kappa shape index (κ3) is 58.1. The van der Waals surface area contributed by atoms with E-state index < -0.39 is 6.10 Å². The quantitative estimate of drug-likeness (QED) is 0.0345. The van der Waals surface area contributed by atoms with Gasteiger partial charge in [-0.1, -0.05) is 230 Å². The van der Waals surface area contributed by atoms with Crippen molar-refractivity contribution in [2.45, 2.75) is 232 Å². The van der Waals surface area contributed by atoms with Crippen LogP contribution in [0.2, 0.25) is 0 Å². The fourth-order valence-electron chi connectivity index (χ4n) is 7.34. The Morgan fingerprint density at radius 2 is 0.583 bits per heavy atom. The molecule has 0 radical (unpaired) electrons. The van der Waals surface area contributed by atoms with Gasteiger partial charge in [0.1, 0.15) is 6.61 Å². The maximum Gasteiger partial charge on any atom is 0.306 e. The first-order valence-corrected chi connectivity index (χ1v) is 29.0. The van der Waals surface area contributed by atoms with Crippen LogP contribution in [0, 0.1) is 0 Å². The fourth-order valence-corrected chi connectivity index (χ4v) is 7.34. The zero-order valence-corrected chi connectivity index (χ0v) is 46.4. The molecule has 0 aliphatic heterocycles. The Bertz CT molecular complexity index is 1590. The van der Waals surface area contributed by atoms with Crippen molar-refractivity contribution in [2.24, 2.45) is 0 Å². The predicted octanol–water partition coefficient (Wildman–Crippen LogP) is 20.2. The molecule has 0 aliphatic rings. The summed E-state index contributed by atoms with van der Waals surface area (Å²) in [7, 11) is 0. The molecule has 0 saturated carbocycles. The number of carbonyl (C=O) groups is 2. The highest BCUT2D eigenvalue weighted by molar-refractivity contribution is 5.70. The molecular weight excluding hydrogens is 885 g/mol. The summed E-state index contributed by atoms with van der Waals surface area (Å²) in [5.74, 6) is -0.478. The standard InChI is InChI=1S/C67H106O5/c1-4-7-10-13-16-19-22-25-28-31-33-35-38-41-44-47-50-53-56-59-62-70-63-65(72-67(69)61-58-55-52-49-46-43-40-36-30-27-24-21-18-15-12-9-6-3)64-71-66(68)60-57-54-51-48-45-42-39-37-34-32-29-26-23-20-17-14-11-8-5-2/h7-12,16-21,25-30,33-35,37,40,42-43,45,65H,4-6,13-15,22-24,31-32,36,38-39,41,44,46-64H2,1-3H3/b10-7-,11-8-,12-9-,19-16-,20-17-,21-18-,28-25-,29-26-,30-27-,35-33-,37-34-,43-40-,45-42-. The van der Waals surface area contributed by atoms with Crippen molar-refractivity contribution in [1.29, 1.82) is 0 Å². The smallest absolute Gasteiger partial charge is 0.306 e. The van der Waals surface area contributed by atoms with Gasteiger partial charge in [0.25, 0.3) is 0 Å². The molecule has 0 N–H and O–H groups in total. The molecule has 72 heavy (non-hydrogen) atoms. The highest BCUT2D eigenvalue weighted by atomic mass is 16.6. The number of allylic oxidation sites excluding steroid dienone is 26. The van der Waals surface area contributed by atoms with E-state index in [9.17, 15) is 9.59 Å². The van der Waals surface area contributed by atoms with Crippen molar-refractivity contribution in [2.75, 3.05) is 19.8 Å². The molecule has 0 aromatic heterocycles. The average molecular weight is 992 g/mol. The number of unbranched alkanes of at least 4 members (excludes halogenated alkanes) is 14. The molecule has 5 nitrogen and oxygen atoms in total. The van der Waals surface area contributed by atoms with Crippen molar-refractivity contribution in [3.8, 4) is 0 Å². The van der Waals surface area contributed by atoms with Crippen molar-refractivity contribution in [1.82, 2.24) is 0 Å². The molecule has 0 bridgehead atoms. The lowest BCUT2D eigenvalue weighted by Gasteiger charge is -2.18. The van der Waals surface area contributed by atoms with Crippen LogP contribution in [0.3, 0.4) is 0 Å². The first kappa shape index (κ1) is 67.5. The maximum atomic E-state index is 12.9. The van der Waals surface area contributed by atoms with E-state index in [1.807, 2.05) is 0 Å². The van der Waals surface area contributed by atoms with Crippen LogP contribution in [-0.4, -0.2) is 37.9 Å². The van der Waals surface area contributed by atoms with E-state index in [0.717, 1.165) is 161 Å². The Hall–Kier alpha value is -4.48. The van der Waals surface area contributed by atoms with Crippen LogP contribution >= 0.6 is 0 Å². The molecule has 5 heteroatoms. The molecule has 0 fully saturated rings. The van der Waals surface area contributed by atoms with Crippen LogP contribution in [0.1, 0.15) is 226 Å². The molecule has 0 amide bonds. The van der Waals surface area contributed by atoms with Gasteiger partial charge >= 0.3 is 11.9 Å². The lowest BCUT2D eigenvalue weighted by molar-refractivity contribution is -0.163. The minimum atomic E-state index is -0.583. The molecule has 0 aromatic carbocycles. The lowest BCUT2D eigenvalue weighted by atomic mass is 10.1. The molecule has 1 unspecified atom stereocenters. The Morgan fingerprint density at radius 1 is 0.306 bits per heavy atom. The number of ether oxygens (including phenoxy) is 3. The van der Waals surface area contributed by atoms with E-state index in [0.29, 0.717) is 19.4 Å². The minimum Gasteiger partial charge on any atom is -0.462 e. The zero-order valence-electron chi connectivity index (χ0n) is 46.4. The molecule has 1 atom stereocenters. The minimum absolute atomic E-state index is 0.0421. The van der Waals surface area contributed by atoms with Gasteiger partial charge in [-0.2, -0.15) is 0 Å². The molecule has 0 aliphatic carbocycles. The van der Waals surface area contributed by atoms with E-state index in [4.69, 9.17) is 14.2 Å². The van der Waals surface area contributed by atoms with Gasteiger partial charge in [0.05, 0.1) is 6.61 Å². The van der Waals surface area contributed by atoms with Gasteiger partial charge in [-0.3, -0.25) is 9.59 Å². The van der Waals surface area contributed by atoms with Gasteiger partial charge in [-0.15, -0.1) is 0 Å². The van der Waals surface area contributed by atoms with E-state index in [2.05, 4.69) is 179 Å². The third-order valence-electron chi connectivity index (χ3n) is 11.5. The highest BCUT2D eigenvalue weighted by Gasteiger charge is 2.17. The summed E-state index contributed by atoms with van der Waals surface area (Å²) in [5.41, 5.74) is 0. The predicted molar refractivity (Wildman–Crippen MR) is 315 cm³/mol. The van der Waals surface area contributed by atoms with Crippen LogP contribution in [0.5, 0.6) is 0 Å². The fraction of sp³-hybridized carbons (Fsp3) is 0.582. The molecule has 0 saturated heterocycles. The summed E-state index contributed by atoms with van der Waals surface area (Å²) >= 11 is 0. The average Bonchev–Trinajstić information content (AvgIpc) is 3.38. The summed E-state index contributed by atoms with van der Waals surface area (Å²) in [6, 6.07) is 0. The third-order valence-corrected chi connectivity index (χ3v) is 11.5. The summed E-state index contributed by atoms with van der Waals surface area (Å²) in [4.78, 5) is 25.6. The van der Waals surface area contributed by atoms with Gasteiger partial charge < -0.3 is 14.2 Å². The molecular formula is C67H106O5. The SMILES string of the molecule is CC/C=C\C/C=C\C/C=C\C/C=C\C/C=C\CCCCCC(=O)OCC(COCCCCCCCCC/C=C\C/C=C\C/C=C\C/C=C\CC)OC(=O)CCCCCC/C=C\C/C=C\C/C=C\C/C=C\CC. The summed E-state index contributed by atoms with van der Waals surface area (Å²) in [6.07, 6.45) is 89.8. The van der Waals surface area contributed by atoms with Crippen molar-refractivity contribution in [3.05, 3.63) is 158 Å². The van der Waals surface area contributed by atoms with Gasteiger partial charge in [-0.25, -0.2) is 0 Å². The Morgan fingerprint density at radius 3 is 0.944 bits per heavy atom. The Kier molecular flexibility index (Phi) is 57.0. The summed E-state index contributed by atoms with van der Waals surface area (Å²) in [6.45, 7) is 7.39. The van der Waals surface area contributed by atoms with Crippen LogP contribution < -0.4 is 0 Å². The Labute approximate surface area is 444 Å². The maximum absolute atomic E-state index is 12.9. The second-order valence-corrected chi connectivity index (χ2v) is 18.4. The highest BCUT2D eigenvalue weighted by Crippen LogP contribution is 2.12. The number of esters is 2. The van der Waals surface area contributed by atoms with Crippen LogP contribution in [0.4, 0.5) is 0 Å². The van der Waals surface area contributed by atoms with Crippen LogP contribution in [-0.2, 0) is 23.8 Å². The lowest BCUT2D eigenvalue weighted by Crippen LogP contribution is -2.30. The summed E-state index contributed by atoms with van der Waals surface area (Å²) < 4.78 is 17.4. The van der Waals surface area contributed by atoms with Crippen molar-refractivity contribution in [3.63, 3.8) is 0 Å². The molecule has 0 spiro atoms. The number of hydrogen-bond acceptors (Lipinski definition) is 5. The second kappa shape index (κ2) is 60.8. The monoisotopic (exact) mass is 991 g/mol. The molecule has 404 valence electrons. The van der Waals surface area contributed by atoms with Gasteiger partial charge in [0.2, 0.25) is 0 Å². The van der Waals surface area contributed by atoms with Crippen LogP contribution in [0.15, 0.2) is 158 Å². The van der Waals surface area contributed by atoms with Gasteiger partial charge in [0.15, 0.2) is 6.10 Å². The first-order valence-electron chi connectivity index (χ1n) is 29.0. The number of rotatable bonds is 51. The number of carbonyl (C=O) groups excluding carboxylic acids is 2. The second-order valence-electron chi connectivity index (χ2n) is 18.4. The van der Waals surface area contributed by atoms with Gasteiger partial charge in [0, 0.05) is 19.4 Å². The van der Waals surface area contributed by atoms with E-state index in [1.54, 1.807) is 0 Å². The van der Waals surface area contributed by atoms with Crippen molar-refractivity contribution < 1.29 is 23.8 Å². The normalized spacial score (nSPS) is 13.4. The molecule has 0 aromatic rings. The van der Waals surface area contributed by atoms with E-state index in [-0.39, 0.29) is 25.2 Å². The Balaban J connectivity index is 4.45. The van der Waals surface area contributed by atoms with Gasteiger partial charge in [-0.05, 0) is 141 Å². The van der Waals surface area contributed by atoms with E-state index in [1.165, 1.54) is 32.1 Å². The topological polar surface area (TPSA) is 61.8 Å². The molecule has 0 heterocycles. The van der Waals surface area contributed by atoms with Crippen LogP contribution in [0.25, 0.3) is 0 Å². The van der Waals surface area contributed by atoms with Crippen molar-refractivity contribution >= 4 is 11.9 Å². The largest absolute Gasteiger partial charge is 0.462 e. The molecule has 0 rings (SSSR count). The first-order chi connectivity index (χ1) is 35.6. The zero-order chi connectivity index (χ0) is 52.0.